The lowest BCUT2D eigenvalue weighted by Gasteiger charge is -2.29. The van der Waals surface area contributed by atoms with Crippen LogP contribution in [0.25, 0.3) is 44.8 Å². The lowest BCUT2D eigenvalue weighted by Crippen LogP contribution is -2.51. The number of hydrogen-bond acceptors (Lipinski definition) is 10. The topological polar surface area (TPSA) is 215 Å². The Kier molecular flexibility index (Phi) is 11.8. The second kappa shape index (κ2) is 16.7. The number of carbonyl (C=O) groups excluding carboxylic acids is 4. The average Bonchev–Trinajstić information content (AvgIpc) is 4.01. The van der Waals surface area contributed by atoms with E-state index in [0.717, 1.165) is 64.7 Å². The van der Waals surface area contributed by atoms with E-state index in [4.69, 9.17) is 28.7 Å². The number of carbonyl (C=O) groups is 4. The number of benzene rings is 2. The maximum absolute atomic E-state index is 13.6. The van der Waals surface area contributed by atoms with Crippen LogP contribution in [0.5, 0.6) is 0 Å². The van der Waals surface area contributed by atoms with E-state index < -0.39 is 18.2 Å². The van der Waals surface area contributed by atoms with Gasteiger partial charge in [0, 0.05) is 25.8 Å². The number of ether oxygens (including phenoxy) is 2. The van der Waals surface area contributed by atoms with Crippen LogP contribution >= 0.6 is 0 Å². The lowest BCUT2D eigenvalue weighted by atomic mass is 10.0. The summed E-state index contributed by atoms with van der Waals surface area (Å²) in [5.74, 6) is 2.22. The number of amides is 4. The number of H-pyrrole nitrogens is 2. The van der Waals surface area contributed by atoms with Crippen LogP contribution in [0.3, 0.4) is 0 Å². The van der Waals surface area contributed by atoms with Crippen molar-refractivity contribution in [1.82, 2.24) is 40.0 Å². The first-order valence-corrected chi connectivity index (χ1v) is 18.6. The second-order valence-corrected chi connectivity index (χ2v) is 14.5. The maximum Gasteiger partial charge on any atom is 0.407 e. The van der Waals surface area contributed by atoms with Crippen molar-refractivity contribution >= 4 is 46.4 Å². The number of imidazole rings is 2. The molecule has 55 heavy (non-hydrogen) atoms. The molecule has 2 aromatic carbocycles. The van der Waals surface area contributed by atoms with Crippen LogP contribution < -0.4 is 11.1 Å². The first-order valence-electron chi connectivity index (χ1n) is 18.6. The van der Waals surface area contributed by atoms with E-state index in [0.29, 0.717) is 30.6 Å². The van der Waals surface area contributed by atoms with E-state index in [-0.39, 0.29) is 42.1 Å². The van der Waals surface area contributed by atoms with Gasteiger partial charge in [-0.05, 0) is 67.9 Å². The van der Waals surface area contributed by atoms with Gasteiger partial charge in [-0.3, -0.25) is 14.4 Å². The average molecular weight is 756 g/mol. The summed E-state index contributed by atoms with van der Waals surface area (Å²) in [6.07, 6.45) is 4.11. The third-order valence-corrected chi connectivity index (χ3v) is 10.2. The van der Waals surface area contributed by atoms with Gasteiger partial charge in [0.1, 0.15) is 29.3 Å². The van der Waals surface area contributed by atoms with E-state index >= 15 is 0 Å². The van der Waals surface area contributed by atoms with Gasteiger partial charge in [-0.2, -0.15) is 0 Å². The Hall–Kier alpha value is -5.77. The van der Waals surface area contributed by atoms with Gasteiger partial charge in [-0.15, -0.1) is 0 Å². The molecule has 0 saturated carbocycles. The Morgan fingerprint density at radius 3 is 2.22 bits per heavy atom. The molecule has 5 heterocycles. The van der Waals surface area contributed by atoms with Gasteiger partial charge in [0.25, 0.3) is 5.91 Å². The third-order valence-electron chi connectivity index (χ3n) is 10.2. The highest BCUT2D eigenvalue weighted by Gasteiger charge is 2.39. The van der Waals surface area contributed by atoms with Crippen molar-refractivity contribution in [2.24, 2.45) is 17.6 Å². The highest BCUT2D eigenvalue weighted by atomic mass is 16.5. The molecule has 2 fully saturated rings. The molecule has 7 rings (SSSR count). The van der Waals surface area contributed by atoms with Gasteiger partial charge < -0.3 is 44.7 Å². The Bertz CT molecular complexity index is 2150. The van der Waals surface area contributed by atoms with E-state index in [1.807, 2.05) is 69.0 Å². The predicted molar refractivity (Wildman–Crippen MR) is 204 cm³/mol. The van der Waals surface area contributed by atoms with Crippen LogP contribution in [0, 0.1) is 11.8 Å². The first-order chi connectivity index (χ1) is 26.5. The van der Waals surface area contributed by atoms with Gasteiger partial charge in [-0.1, -0.05) is 33.8 Å². The molecule has 3 aromatic heterocycles. The molecule has 4 atom stereocenters. The van der Waals surface area contributed by atoms with Crippen LogP contribution in [0.1, 0.15) is 77.1 Å². The predicted octanol–water partition coefficient (Wildman–Crippen LogP) is 5.24. The Labute approximate surface area is 318 Å². The zero-order valence-corrected chi connectivity index (χ0v) is 32.0. The summed E-state index contributed by atoms with van der Waals surface area (Å²) in [7, 11) is 2.87. The fourth-order valence-electron chi connectivity index (χ4n) is 7.58. The molecule has 2 saturated heterocycles. The number of nitrogens with one attached hydrogen (secondary N) is 3. The molecule has 292 valence electrons. The highest BCUT2D eigenvalue weighted by molar-refractivity contribution is 5.90. The summed E-state index contributed by atoms with van der Waals surface area (Å²) < 4.78 is 16.7. The van der Waals surface area contributed by atoms with Gasteiger partial charge in [-0.25, -0.2) is 19.7 Å². The molecule has 2 aliphatic rings. The van der Waals surface area contributed by atoms with Crippen LogP contribution in [0.4, 0.5) is 4.79 Å². The zero-order valence-electron chi connectivity index (χ0n) is 32.0. The minimum Gasteiger partial charge on any atom is -0.453 e. The molecule has 0 radical (unpaired) electrons. The van der Waals surface area contributed by atoms with Crippen molar-refractivity contribution < 1.29 is 33.1 Å². The summed E-state index contributed by atoms with van der Waals surface area (Å²) in [5, 5.41) is 2.70. The van der Waals surface area contributed by atoms with Crippen LogP contribution in [-0.2, 0) is 23.9 Å². The number of likely N-dealkylation sites (tertiary alicyclic amines) is 2. The smallest absolute Gasteiger partial charge is 0.407 e. The summed E-state index contributed by atoms with van der Waals surface area (Å²) in [6.45, 7) is 9.01. The molecule has 5 N–H and O–H groups in total. The van der Waals surface area contributed by atoms with Crippen molar-refractivity contribution in [2.45, 2.75) is 77.6 Å². The van der Waals surface area contributed by atoms with Crippen LogP contribution in [-0.4, -0.2) is 98.5 Å². The number of rotatable bonds is 10. The molecule has 16 heteroatoms. The number of nitrogens with zero attached hydrogens (tertiary/aromatic N) is 5. The fraction of sp³-hybridized carbons (Fsp3) is 0.462. The van der Waals surface area contributed by atoms with E-state index in [2.05, 4.69) is 26.0 Å². The van der Waals surface area contributed by atoms with E-state index in [1.165, 1.54) is 7.11 Å². The minimum absolute atomic E-state index is 0.0128. The number of oxazole rings is 1. The molecule has 0 aliphatic carbocycles. The number of alkyl carbamates (subject to hydrolysis) is 1. The lowest BCUT2D eigenvalue weighted by molar-refractivity contribution is -0.145. The second-order valence-electron chi connectivity index (χ2n) is 14.5. The molecule has 4 amide bonds. The Morgan fingerprint density at radius 1 is 0.927 bits per heavy atom. The van der Waals surface area contributed by atoms with Crippen molar-refractivity contribution in [3.8, 4) is 22.8 Å². The minimum atomic E-state index is -0.705. The fourth-order valence-corrected chi connectivity index (χ4v) is 7.58. The molecule has 0 spiro atoms. The number of fused-ring (bicyclic) bond motifs is 2. The highest BCUT2D eigenvalue weighted by Crippen LogP contribution is 2.37. The molecule has 16 nitrogen and oxygen atoms in total. The third kappa shape index (κ3) is 7.90. The molecule has 0 bridgehead atoms. The van der Waals surface area contributed by atoms with E-state index in [9.17, 15) is 14.4 Å². The zero-order chi connectivity index (χ0) is 39.4. The molecule has 5 aromatic rings. The Morgan fingerprint density at radius 2 is 1.58 bits per heavy atom. The number of methoxy groups -OCH3 is 2. The SMILES string of the molecule is COC(=O)NC(C(=O)N1CCC[C@H]1c1nc2ccc(-c3cnc(-c4cccc5[nH]c([C@@H]6CCCN6C(=O)C(OC)C(C)C)nc45)o3)cc2[nH]1)C(C)C.NC=O. The van der Waals surface area contributed by atoms with Gasteiger partial charge in [0.2, 0.25) is 18.2 Å². The maximum atomic E-state index is 13.6. The summed E-state index contributed by atoms with van der Waals surface area (Å²) in [4.78, 5) is 72.7. The van der Waals surface area contributed by atoms with Crippen molar-refractivity contribution in [1.29, 1.82) is 0 Å². The molecule has 2 unspecified atom stereocenters. The van der Waals surface area contributed by atoms with Crippen LogP contribution in [0.15, 0.2) is 47.0 Å². The summed E-state index contributed by atoms with van der Waals surface area (Å²) in [5.41, 5.74) is 8.87. The summed E-state index contributed by atoms with van der Waals surface area (Å²) >= 11 is 0. The number of nitrogens with two attached hydrogens (primary N) is 1. The van der Waals surface area contributed by atoms with Crippen molar-refractivity contribution in [3.63, 3.8) is 0 Å². The largest absolute Gasteiger partial charge is 0.453 e. The first kappa shape index (κ1) is 38.9. The molecule has 2 aliphatic heterocycles. The van der Waals surface area contributed by atoms with Gasteiger partial charge >= 0.3 is 6.09 Å². The number of para-hydroxylation sites is 1. The van der Waals surface area contributed by atoms with Crippen molar-refractivity contribution in [3.05, 3.63) is 54.2 Å². The quantitative estimate of drug-likeness (QED) is 0.136. The van der Waals surface area contributed by atoms with Crippen molar-refractivity contribution in [2.75, 3.05) is 27.3 Å². The summed E-state index contributed by atoms with van der Waals surface area (Å²) in [6, 6.07) is 10.5. The van der Waals surface area contributed by atoms with Crippen LogP contribution in [0.2, 0.25) is 0 Å². The Balaban J connectivity index is 0.00000166. The standard InChI is InChI=1S/C38H46N8O6.CH3NO/c1-20(2)30(44-38(49)51-6)36(47)45-16-8-12-27(45)33-40-24-15-14-22(18-26(24)42-33)29-19-39-35(52-29)23-10-7-11-25-31(23)43-34(41-25)28-13-9-17-46(28)37(48)32(50-5)21(3)4;2-1-3/h7,10-11,14-15,18-21,27-28,30,32H,8-9,12-13,16-17H2,1-6H3,(H,40,42)(H,41,43)(H,44,49);1H,(H2,2,3)/t27-,28-,30?,32?;/m0./s1. The number of aromatic nitrogens is 5. The normalized spacial score (nSPS) is 18.1. The molecular formula is C39H49N9O7. The van der Waals surface area contributed by atoms with Gasteiger partial charge in [0.15, 0.2) is 5.76 Å². The number of hydrogen-bond donors (Lipinski definition) is 4. The number of primary amides is 1. The number of aromatic amines is 2. The molecular weight excluding hydrogens is 706 g/mol. The van der Waals surface area contributed by atoms with Gasteiger partial charge in [0.05, 0.1) is 47.5 Å². The monoisotopic (exact) mass is 755 g/mol. The van der Waals surface area contributed by atoms with E-state index in [1.54, 1.807) is 18.2 Å².